The first-order valence-electron chi connectivity index (χ1n) is 29.9. The van der Waals surface area contributed by atoms with Gasteiger partial charge in [0, 0.05) is 19.3 Å². The van der Waals surface area contributed by atoms with Gasteiger partial charge in [0.1, 0.15) is 18.7 Å². The van der Waals surface area contributed by atoms with Gasteiger partial charge in [-0.3, -0.25) is 38.4 Å². The van der Waals surface area contributed by atoms with Crippen LogP contribution in [0, 0.1) is 40.4 Å². The van der Waals surface area contributed by atoms with E-state index in [4.69, 9.17) is 40.5 Å². The monoisotopic (exact) mass is 1160 g/mol. The molecule has 5 aliphatic carbocycles. The molecular weight excluding hydrogens is 1060 g/mol. The molecule has 82 heavy (non-hydrogen) atoms. The number of benzene rings is 1. The van der Waals surface area contributed by atoms with Crippen LogP contribution in [-0.2, 0) is 54.5 Å². The number of hydrogen-bond donors (Lipinski definition) is 10. The quantitative estimate of drug-likeness (QED) is 0.0279. The van der Waals surface area contributed by atoms with Crippen LogP contribution in [0.5, 0.6) is 0 Å². The summed E-state index contributed by atoms with van der Waals surface area (Å²) in [5.74, 6) is -7.35. The fraction of sp³-hybridized carbons (Fsp3) is 0.738. The summed E-state index contributed by atoms with van der Waals surface area (Å²) in [4.78, 5) is 111. The van der Waals surface area contributed by atoms with Crippen molar-refractivity contribution in [1.29, 1.82) is 0 Å². The lowest BCUT2D eigenvalue weighted by atomic mass is 9.43. The second-order valence-electron chi connectivity index (χ2n) is 24.0. The first-order chi connectivity index (χ1) is 38.8. The van der Waals surface area contributed by atoms with Gasteiger partial charge in [0.15, 0.2) is 0 Å². The van der Waals surface area contributed by atoms with E-state index in [1.807, 2.05) is 19.9 Å². The Kier molecular flexibility index (Phi) is 34.4. The van der Waals surface area contributed by atoms with Crippen molar-refractivity contribution >= 4 is 59.8 Å². The highest BCUT2D eigenvalue weighted by Crippen LogP contribution is 2.67. The predicted octanol–water partition coefficient (Wildman–Crippen LogP) is 11.4. The van der Waals surface area contributed by atoms with E-state index in [-0.39, 0.29) is 55.5 Å². The smallest absolute Gasteiger partial charge is 0.408 e. The summed E-state index contributed by atoms with van der Waals surface area (Å²) < 4.78 is 5.04. The van der Waals surface area contributed by atoms with E-state index in [0.717, 1.165) is 63.4 Å². The van der Waals surface area contributed by atoms with Crippen molar-refractivity contribution in [2.24, 2.45) is 40.4 Å². The van der Waals surface area contributed by atoms with Crippen LogP contribution < -0.4 is 10.6 Å². The number of rotatable bonds is 36. The molecule has 21 heteroatoms. The van der Waals surface area contributed by atoms with Gasteiger partial charge in [0.05, 0.1) is 24.7 Å². The van der Waals surface area contributed by atoms with E-state index in [2.05, 4.69) is 10.6 Å². The maximum atomic E-state index is 12.4. The average molecular weight is 1160 g/mol. The number of carbonyl (C=O) groups is 10. The number of hydrogen-bond acceptors (Lipinski definition) is 11. The Morgan fingerprint density at radius 2 is 0.915 bits per heavy atom. The van der Waals surface area contributed by atoms with Crippen molar-refractivity contribution in [2.45, 2.75) is 244 Å². The average Bonchev–Trinajstić information content (AvgIpc) is 3.40. The molecule has 1 aromatic rings. The normalized spacial score (nSPS) is 21.7. The molecule has 21 nitrogen and oxygen atoms in total. The summed E-state index contributed by atoms with van der Waals surface area (Å²) in [5.41, 5.74) is 0.559. The molecule has 4 atom stereocenters. The molecule has 0 saturated heterocycles. The van der Waals surface area contributed by atoms with Crippen molar-refractivity contribution < 1.29 is 93.5 Å². The number of nitrogens with one attached hydrogen (secondary N) is 2. The molecule has 4 bridgehead atoms. The number of ether oxygens (including phenoxy) is 1. The van der Waals surface area contributed by atoms with Gasteiger partial charge in [-0.15, -0.1) is 0 Å². The molecule has 5 fully saturated rings. The summed E-state index contributed by atoms with van der Waals surface area (Å²) in [6.45, 7) is 3.59. The van der Waals surface area contributed by atoms with Crippen LogP contribution in [0.2, 0.25) is 0 Å². The van der Waals surface area contributed by atoms with E-state index < -0.39 is 83.7 Å². The van der Waals surface area contributed by atoms with Crippen molar-refractivity contribution in [1.82, 2.24) is 10.6 Å². The zero-order valence-corrected chi connectivity index (χ0v) is 48.5. The van der Waals surface area contributed by atoms with Crippen LogP contribution in [0.4, 0.5) is 4.79 Å². The molecule has 5 saturated carbocycles. The molecule has 0 aliphatic heterocycles. The SMILES string of the molecule is CC(C)C[C@H](NC(=O)[C@H](CCC(=O)O)NC(=O)OCc1ccccc1)C(=O)O.O=C(O)C1CCCC(C(=O)O)C1.O=C(O)CC12CC3CC(C1)CC(CC(=O)O)(C3)C2.O=C(O)CCCCCCCCCCCCCCCCCCC(=O)O. The van der Waals surface area contributed by atoms with Gasteiger partial charge in [-0.2, -0.15) is 0 Å². The summed E-state index contributed by atoms with van der Waals surface area (Å²) in [6, 6.07) is 6.51. The van der Waals surface area contributed by atoms with Crippen LogP contribution in [0.15, 0.2) is 30.3 Å². The Bertz CT molecular complexity index is 2050. The third-order valence-corrected chi connectivity index (χ3v) is 16.0. The fourth-order valence-electron chi connectivity index (χ4n) is 12.8. The molecule has 0 spiro atoms. The second kappa shape index (κ2) is 39.2. The lowest BCUT2D eigenvalue weighted by Gasteiger charge is -2.61. The first-order valence-corrected chi connectivity index (χ1v) is 29.9. The summed E-state index contributed by atoms with van der Waals surface area (Å²) in [7, 11) is 0. The van der Waals surface area contributed by atoms with Gasteiger partial charge in [-0.25, -0.2) is 9.59 Å². The third-order valence-electron chi connectivity index (χ3n) is 16.0. The number of amides is 2. The van der Waals surface area contributed by atoms with Gasteiger partial charge in [-0.05, 0) is 118 Å². The number of aliphatic carboxylic acids is 8. The van der Waals surface area contributed by atoms with E-state index in [1.165, 1.54) is 83.5 Å². The van der Waals surface area contributed by atoms with E-state index in [0.29, 0.717) is 50.4 Å². The molecule has 5 aliphatic rings. The van der Waals surface area contributed by atoms with Gasteiger partial charge >= 0.3 is 53.8 Å². The maximum absolute atomic E-state index is 12.4. The van der Waals surface area contributed by atoms with E-state index in [1.54, 1.807) is 24.3 Å². The lowest BCUT2D eigenvalue weighted by molar-refractivity contribution is -0.160. The zero-order valence-electron chi connectivity index (χ0n) is 48.5. The molecule has 1 aromatic carbocycles. The topological polar surface area (TPSA) is 366 Å². The minimum absolute atomic E-state index is 0.0164. The van der Waals surface area contributed by atoms with Gasteiger partial charge in [-0.1, -0.05) is 140 Å². The van der Waals surface area contributed by atoms with E-state index in [9.17, 15) is 53.1 Å². The van der Waals surface area contributed by atoms with Gasteiger partial charge in [0.2, 0.25) is 5.91 Å². The molecule has 6 rings (SSSR count). The summed E-state index contributed by atoms with van der Waals surface area (Å²) in [5, 5.41) is 75.4. The molecule has 0 aromatic heterocycles. The molecule has 0 radical (unpaired) electrons. The highest BCUT2D eigenvalue weighted by Gasteiger charge is 2.58. The predicted molar refractivity (Wildman–Crippen MR) is 303 cm³/mol. The Labute approximate surface area is 483 Å². The minimum atomic E-state index is -1.23. The van der Waals surface area contributed by atoms with Crippen LogP contribution >= 0.6 is 0 Å². The van der Waals surface area contributed by atoms with Gasteiger partial charge in [0.25, 0.3) is 0 Å². The molecule has 0 heterocycles. The summed E-state index contributed by atoms with van der Waals surface area (Å²) >= 11 is 0. The maximum Gasteiger partial charge on any atom is 0.408 e. The number of alkyl carbamates (subject to hydrolysis) is 1. The van der Waals surface area contributed by atoms with Crippen molar-refractivity contribution in [3.05, 3.63) is 35.9 Å². The minimum Gasteiger partial charge on any atom is -0.481 e. The Morgan fingerprint density at radius 1 is 0.512 bits per heavy atom. The molecule has 2 amide bonds. The standard InChI is InChI=1S/C20H38O4.C19H26N2O7.C14H20O4.C8H12O4/c21-19(22)17-15-13-11-9-7-5-3-1-2-4-6-8-10-12-14-16-18-20(23)24;1-12(2)10-15(18(25)26)20-17(24)14(8-9-16(22)23)21-19(27)28-11-13-6-4-3-5-7-13;15-11(16)6-13-2-9-1-10(4-13)5-14(3-9,8-13)7-12(17)18;9-7(10)5-2-1-3-6(4-5)8(11)12/h1-18H2,(H,21,22)(H,23,24);3-7,12,14-15H,8-11H2,1-2H3,(H,20,24)(H,21,27)(H,22,23)(H,25,26);9-10H,1-8H2,(H,15,16)(H,17,18);5-6H,1-4H2,(H,9,10)(H,11,12)/t;14-,15-;;/m.0../s1. The van der Waals surface area contributed by atoms with Crippen molar-refractivity contribution in [3.63, 3.8) is 0 Å². The number of unbranched alkanes of at least 4 members (excludes halogenated alkanes) is 15. The van der Waals surface area contributed by atoms with Crippen molar-refractivity contribution in [3.8, 4) is 0 Å². The number of carboxylic acid groups (broad SMARTS) is 8. The zero-order chi connectivity index (χ0) is 61.1. The molecule has 10 N–H and O–H groups in total. The Hall–Kier alpha value is -6.28. The largest absolute Gasteiger partial charge is 0.481 e. The molecule has 2 unspecified atom stereocenters. The third kappa shape index (κ3) is 31.8. The molecule has 464 valence electrons. The lowest BCUT2D eigenvalue weighted by Crippen LogP contribution is -2.53. The van der Waals surface area contributed by atoms with Crippen LogP contribution in [0.1, 0.15) is 231 Å². The first kappa shape index (κ1) is 71.8. The molecular formula is C61H96N2O19. The number of carboxylic acids is 8. The van der Waals surface area contributed by atoms with E-state index >= 15 is 0 Å². The fourth-order valence-corrected chi connectivity index (χ4v) is 12.8. The second-order valence-corrected chi connectivity index (χ2v) is 24.0. The van der Waals surface area contributed by atoms with Gasteiger partial charge < -0.3 is 56.2 Å². The Balaban J connectivity index is 0.000000387. The highest BCUT2D eigenvalue weighted by molar-refractivity contribution is 5.89. The van der Waals surface area contributed by atoms with Crippen LogP contribution in [-0.4, -0.2) is 113 Å². The van der Waals surface area contributed by atoms with Crippen LogP contribution in [0.25, 0.3) is 0 Å². The van der Waals surface area contributed by atoms with Crippen LogP contribution in [0.3, 0.4) is 0 Å². The highest BCUT2D eigenvalue weighted by atomic mass is 16.5. The Morgan fingerprint density at radius 3 is 1.27 bits per heavy atom. The van der Waals surface area contributed by atoms with Crippen molar-refractivity contribution in [2.75, 3.05) is 0 Å². The summed E-state index contributed by atoms with van der Waals surface area (Å²) in [6.07, 6.45) is 27.4. The number of carbonyl (C=O) groups excluding carboxylic acids is 2.